The summed E-state index contributed by atoms with van der Waals surface area (Å²) in [6.07, 6.45) is 5.63. The zero-order valence-corrected chi connectivity index (χ0v) is 16.1. The van der Waals surface area contributed by atoms with Crippen LogP contribution in [0.15, 0.2) is 22.2 Å². The van der Waals surface area contributed by atoms with Gasteiger partial charge in [0.15, 0.2) is 12.4 Å². The van der Waals surface area contributed by atoms with Gasteiger partial charge in [0.2, 0.25) is 11.9 Å². The molecule has 0 spiro atoms. The Morgan fingerprint density at radius 3 is 2.07 bits per heavy atom. The molecule has 12 heteroatoms. The van der Waals surface area contributed by atoms with Crippen LogP contribution < -0.4 is 22.1 Å². The normalized spacial score (nSPS) is 11.6. The maximum atomic E-state index is 9.01. The minimum Gasteiger partial charge on any atom is -0.369 e. The van der Waals surface area contributed by atoms with E-state index in [4.69, 9.17) is 22.0 Å². The standard InChI is InChI=1S/C16H26N12/c1-21-15(19)27(11-17)5-3-23-8-13-7-14(26-25-9-13)10-24-4-6-28(12-18)16(20)22-2/h7,9,23-24H,3-6,8,10H2,1-2H3,(H2,19,21)(H2,20,22). The highest BCUT2D eigenvalue weighted by atomic mass is 15.3. The zero-order chi connectivity index (χ0) is 20.8. The molecule has 1 heterocycles. The predicted octanol–water partition coefficient (Wildman–Crippen LogP) is -1.89. The Morgan fingerprint density at radius 1 is 1.04 bits per heavy atom. The van der Waals surface area contributed by atoms with E-state index >= 15 is 0 Å². The number of guanidine groups is 2. The molecule has 0 aliphatic rings. The van der Waals surface area contributed by atoms with Gasteiger partial charge in [0.1, 0.15) is 0 Å². The fourth-order valence-corrected chi connectivity index (χ4v) is 2.14. The van der Waals surface area contributed by atoms with E-state index in [-0.39, 0.29) is 11.9 Å². The summed E-state index contributed by atoms with van der Waals surface area (Å²) in [5.41, 5.74) is 13.0. The summed E-state index contributed by atoms with van der Waals surface area (Å²) in [5, 5.41) is 32.5. The second kappa shape index (κ2) is 12.8. The smallest absolute Gasteiger partial charge is 0.204 e. The van der Waals surface area contributed by atoms with E-state index in [1.165, 1.54) is 23.9 Å². The lowest BCUT2D eigenvalue weighted by molar-refractivity contribution is 0.522. The van der Waals surface area contributed by atoms with E-state index in [0.717, 1.165) is 11.3 Å². The molecule has 0 saturated carbocycles. The molecule has 0 fully saturated rings. The molecule has 0 amide bonds. The quantitative estimate of drug-likeness (QED) is 0.117. The molecule has 12 nitrogen and oxygen atoms in total. The molecule has 0 aromatic carbocycles. The number of aromatic nitrogens is 2. The Hall–Kier alpha value is -3.48. The van der Waals surface area contributed by atoms with Gasteiger partial charge in [-0.1, -0.05) is 0 Å². The molecule has 0 aliphatic heterocycles. The Kier molecular flexibility index (Phi) is 10.3. The van der Waals surface area contributed by atoms with Gasteiger partial charge in [-0.05, 0) is 11.6 Å². The van der Waals surface area contributed by atoms with E-state index in [1.807, 2.05) is 18.5 Å². The monoisotopic (exact) mass is 386 g/mol. The van der Waals surface area contributed by atoms with Crippen LogP contribution in [0.4, 0.5) is 0 Å². The van der Waals surface area contributed by atoms with Gasteiger partial charge in [-0.15, -0.1) is 0 Å². The predicted molar refractivity (Wildman–Crippen MR) is 105 cm³/mol. The number of aliphatic imine (C=N–C) groups is 2. The van der Waals surface area contributed by atoms with E-state index in [0.29, 0.717) is 39.3 Å². The van der Waals surface area contributed by atoms with Crippen LogP contribution in [0.5, 0.6) is 0 Å². The Morgan fingerprint density at radius 2 is 1.57 bits per heavy atom. The van der Waals surface area contributed by atoms with Gasteiger partial charge >= 0.3 is 0 Å². The molecule has 0 bridgehead atoms. The maximum absolute atomic E-state index is 9.01. The fraction of sp³-hybridized carbons (Fsp3) is 0.500. The summed E-state index contributed by atoms with van der Waals surface area (Å²) in [5.74, 6) is 0.365. The van der Waals surface area contributed by atoms with Crippen LogP contribution in [0.25, 0.3) is 0 Å². The molecule has 28 heavy (non-hydrogen) atoms. The van der Waals surface area contributed by atoms with Gasteiger partial charge < -0.3 is 22.1 Å². The summed E-state index contributed by atoms with van der Waals surface area (Å²) < 4.78 is 0. The maximum Gasteiger partial charge on any atom is 0.204 e. The molecule has 0 atom stereocenters. The van der Waals surface area contributed by atoms with Gasteiger partial charge in [0.05, 0.1) is 11.9 Å². The molecule has 1 aromatic heterocycles. The first-order valence-electron chi connectivity index (χ1n) is 8.56. The number of nitriles is 2. The second-order valence-electron chi connectivity index (χ2n) is 5.58. The van der Waals surface area contributed by atoms with Crippen LogP contribution in [0, 0.1) is 22.9 Å². The zero-order valence-electron chi connectivity index (χ0n) is 16.1. The Labute approximate surface area is 164 Å². The first-order chi connectivity index (χ1) is 13.5. The van der Waals surface area contributed by atoms with Crippen molar-refractivity contribution >= 4 is 11.9 Å². The van der Waals surface area contributed by atoms with E-state index in [1.54, 1.807) is 6.20 Å². The number of hydrogen-bond acceptors (Lipinski definition) is 8. The molecule has 150 valence electrons. The molecule has 1 rings (SSSR count). The van der Waals surface area contributed by atoms with Gasteiger partial charge in [0, 0.05) is 53.4 Å². The highest BCUT2D eigenvalue weighted by Gasteiger charge is 2.06. The van der Waals surface area contributed by atoms with Crippen LogP contribution >= 0.6 is 0 Å². The Balaban J connectivity index is 2.38. The van der Waals surface area contributed by atoms with Crippen molar-refractivity contribution in [3.63, 3.8) is 0 Å². The van der Waals surface area contributed by atoms with Crippen LogP contribution in [-0.4, -0.2) is 72.2 Å². The minimum absolute atomic E-state index is 0.180. The molecule has 6 N–H and O–H groups in total. The lowest BCUT2D eigenvalue weighted by Crippen LogP contribution is -2.38. The molecule has 0 radical (unpaired) electrons. The van der Waals surface area contributed by atoms with Crippen molar-refractivity contribution in [1.82, 2.24) is 30.6 Å². The summed E-state index contributed by atoms with van der Waals surface area (Å²) in [6.45, 7) is 3.02. The summed E-state index contributed by atoms with van der Waals surface area (Å²) >= 11 is 0. The van der Waals surface area contributed by atoms with Crippen molar-refractivity contribution in [2.75, 3.05) is 40.3 Å². The molecular formula is C16H26N12. The van der Waals surface area contributed by atoms with E-state index in [9.17, 15) is 0 Å². The van der Waals surface area contributed by atoms with E-state index in [2.05, 4.69) is 30.8 Å². The van der Waals surface area contributed by atoms with Gasteiger partial charge in [0.25, 0.3) is 0 Å². The van der Waals surface area contributed by atoms with E-state index < -0.39 is 0 Å². The number of nitrogens with two attached hydrogens (primary N) is 2. The van der Waals surface area contributed by atoms with Crippen molar-refractivity contribution in [3.05, 3.63) is 23.5 Å². The van der Waals surface area contributed by atoms with Gasteiger partial charge in [-0.25, -0.2) is 9.80 Å². The number of nitrogens with one attached hydrogen (secondary N) is 2. The van der Waals surface area contributed by atoms with Crippen molar-refractivity contribution in [1.29, 1.82) is 10.5 Å². The SMILES string of the molecule is CN=C(N)N(C#N)CCNCc1cnnc(CNCCN(C#N)C(N)=NC)c1. The lowest BCUT2D eigenvalue weighted by atomic mass is 10.2. The highest BCUT2D eigenvalue weighted by Crippen LogP contribution is 1.99. The first kappa shape index (κ1) is 22.6. The van der Waals surface area contributed by atoms with Crippen molar-refractivity contribution in [2.45, 2.75) is 13.1 Å². The molecular weight excluding hydrogens is 360 g/mol. The topological polar surface area (TPSA) is 181 Å². The third kappa shape index (κ3) is 7.82. The van der Waals surface area contributed by atoms with Crippen LogP contribution in [-0.2, 0) is 13.1 Å². The van der Waals surface area contributed by atoms with Crippen LogP contribution in [0.2, 0.25) is 0 Å². The lowest BCUT2D eigenvalue weighted by Gasteiger charge is -2.14. The molecule has 0 saturated heterocycles. The fourth-order valence-electron chi connectivity index (χ4n) is 2.14. The number of hydrogen-bond donors (Lipinski definition) is 4. The highest BCUT2D eigenvalue weighted by molar-refractivity contribution is 5.79. The van der Waals surface area contributed by atoms with Crippen molar-refractivity contribution < 1.29 is 0 Å². The Bertz CT molecular complexity index is 685. The molecule has 0 aliphatic carbocycles. The number of nitrogens with zero attached hydrogens (tertiary/aromatic N) is 8. The first-order valence-corrected chi connectivity index (χ1v) is 8.56. The second-order valence-corrected chi connectivity index (χ2v) is 5.58. The minimum atomic E-state index is 0.180. The average Bonchev–Trinajstić information content (AvgIpc) is 2.73. The average molecular weight is 386 g/mol. The third-order valence-corrected chi connectivity index (χ3v) is 3.67. The number of rotatable bonds is 10. The van der Waals surface area contributed by atoms with Crippen LogP contribution in [0.1, 0.15) is 11.3 Å². The van der Waals surface area contributed by atoms with Crippen LogP contribution in [0.3, 0.4) is 0 Å². The van der Waals surface area contributed by atoms with Crippen molar-refractivity contribution in [3.8, 4) is 12.4 Å². The summed E-state index contributed by atoms with van der Waals surface area (Å²) in [4.78, 5) is 10.2. The van der Waals surface area contributed by atoms with Crippen molar-refractivity contribution in [2.24, 2.45) is 21.5 Å². The molecule has 0 unspecified atom stereocenters. The largest absolute Gasteiger partial charge is 0.369 e. The molecule has 1 aromatic rings. The van der Waals surface area contributed by atoms with Gasteiger partial charge in [-0.2, -0.15) is 20.7 Å². The third-order valence-electron chi connectivity index (χ3n) is 3.67. The van der Waals surface area contributed by atoms with Gasteiger partial charge in [-0.3, -0.25) is 9.98 Å². The summed E-state index contributed by atoms with van der Waals surface area (Å²) in [6, 6.07) is 1.93. The summed E-state index contributed by atoms with van der Waals surface area (Å²) in [7, 11) is 3.07.